The predicted molar refractivity (Wildman–Crippen MR) is 197 cm³/mol. The van der Waals surface area contributed by atoms with E-state index in [0.717, 1.165) is 48.3 Å². The maximum Gasteiger partial charge on any atom is 0.264 e. The van der Waals surface area contributed by atoms with Crippen molar-refractivity contribution in [2.75, 3.05) is 22.8 Å². The van der Waals surface area contributed by atoms with Crippen molar-refractivity contribution in [3.8, 4) is 17.1 Å². The second kappa shape index (κ2) is 13.9. The van der Waals surface area contributed by atoms with Gasteiger partial charge >= 0.3 is 0 Å². The van der Waals surface area contributed by atoms with Gasteiger partial charge in [-0.25, -0.2) is 23.1 Å². The Morgan fingerprint density at radius 1 is 0.961 bits per heavy atom. The molecule has 268 valence electrons. The Bertz CT molecular complexity index is 2030. The number of piperidine rings is 1. The number of aromatic nitrogens is 4. The number of aryl methyl sites for hydroxylation is 2. The summed E-state index contributed by atoms with van der Waals surface area (Å²) < 4.78 is 36.5. The van der Waals surface area contributed by atoms with Crippen LogP contribution in [0.1, 0.15) is 86.5 Å². The summed E-state index contributed by atoms with van der Waals surface area (Å²) in [6.45, 7) is 11.8. The first-order chi connectivity index (χ1) is 24.3. The zero-order valence-electron chi connectivity index (χ0n) is 30.1. The van der Waals surface area contributed by atoms with Crippen molar-refractivity contribution in [1.82, 2.24) is 24.8 Å². The molecule has 0 spiro atoms. The highest BCUT2D eigenvalue weighted by Crippen LogP contribution is 2.41. The van der Waals surface area contributed by atoms with E-state index in [1.54, 1.807) is 29.3 Å². The van der Waals surface area contributed by atoms with Crippen LogP contribution in [0, 0.1) is 25.2 Å². The smallest absolute Gasteiger partial charge is 0.264 e. The molecule has 2 aromatic carbocycles. The quantitative estimate of drug-likeness (QED) is 0.226. The average molecular weight is 710 g/mol. The van der Waals surface area contributed by atoms with E-state index < -0.39 is 16.1 Å². The Balaban J connectivity index is 1.31. The highest BCUT2D eigenvalue weighted by atomic mass is 32.2. The molecule has 7 rings (SSSR count). The third kappa shape index (κ3) is 7.56. The summed E-state index contributed by atoms with van der Waals surface area (Å²) in [6, 6.07) is 13.9. The molecule has 1 aliphatic carbocycles. The van der Waals surface area contributed by atoms with Crippen LogP contribution in [0.15, 0.2) is 65.8 Å². The summed E-state index contributed by atoms with van der Waals surface area (Å²) in [7, 11) is -4.17. The van der Waals surface area contributed by atoms with Gasteiger partial charge in [-0.15, -0.1) is 0 Å². The fraction of sp³-hybridized carbons (Fsp3) is 0.462. The second-order valence-electron chi connectivity index (χ2n) is 15.4. The molecule has 2 aromatic heterocycles. The molecule has 0 radical (unpaired) electrons. The first-order valence-electron chi connectivity index (χ1n) is 17.9. The SMILES string of the molecule is Cc1cccc(C)c1-c1cc2nc(n1)NS(=O)(=O)c1cccc(c1)C(=O)N(Cc1cncc(N3CCC[C@H]4CC[C@H]43)n1)[C@H](CCC(C)(C)C)CO2. The molecule has 1 N–H and O–H groups in total. The molecule has 2 fully saturated rings. The van der Waals surface area contributed by atoms with Crippen LogP contribution >= 0.6 is 0 Å². The van der Waals surface area contributed by atoms with E-state index in [1.807, 2.05) is 38.2 Å². The molecular formula is C39H47N7O4S. The number of carbonyl (C=O) groups is 1. The molecule has 1 saturated heterocycles. The minimum Gasteiger partial charge on any atom is -0.475 e. The summed E-state index contributed by atoms with van der Waals surface area (Å²) >= 11 is 0. The molecule has 11 nitrogen and oxygen atoms in total. The summed E-state index contributed by atoms with van der Waals surface area (Å²) in [6.07, 6.45) is 9.81. The summed E-state index contributed by atoms with van der Waals surface area (Å²) in [4.78, 5) is 37.5. The maximum absolute atomic E-state index is 14.6. The highest BCUT2D eigenvalue weighted by Gasteiger charge is 2.39. The normalized spacial score (nSPS) is 21.6. The summed E-state index contributed by atoms with van der Waals surface area (Å²) in [5.74, 6) is 1.34. The lowest BCUT2D eigenvalue weighted by Gasteiger charge is -2.49. The van der Waals surface area contributed by atoms with E-state index in [0.29, 0.717) is 29.8 Å². The average Bonchev–Trinajstić information content (AvgIpc) is 3.07. The molecule has 12 heteroatoms. The van der Waals surface area contributed by atoms with E-state index in [9.17, 15) is 13.2 Å². The van der Waals surface area contributed by atoms with Crippen LogP contribution in [-0.2, 0) is 16.6 Å². The lowest BCUT2D eigenvalue weighted by molar-refractivity contribution is 0.0549. The fourth-order valence-corrected chi connectivity index (χ4v) is 8.56. The van der Waals surface area contributed by atoms with Crippen LogP contribution in [0.3, 0.4) is 0 Å². The number of rotatable bonds is 6. The van der Waals surface area contributed by atoms with Crippen LogP contribution in [0.4, 0.5) is 11.8 Å². The van der Waals surface area contributed by atoms with E-state index in [1.165, 1.54) is 25.0 Å². The van der Waals surface area contributed by atoms with Gasteiger partial charge < -0.3 is 14.5 Å². The molecule has 51 heavy (non-hydrogen) atoms. The Kier molecular flexibility index (Phi) is 9.47. The molecular weight excluding hydrogens is 663 g/mol. The monoisotopic (exact) mass is 709 g/mol. The number of hydrogen-bond acceptors (Lipinski definition) is 9. The van der Waals surface area contributed by atoms with Gasteiger partial charge in [-0.05, 0) is 93.0 Å². The van der Waals surface area contributed by atoms with Gasteiger partial charge in [0.1, 0.15) is 12.4 Å². The molecule has 1 amide bonds. The Hall–Kier alpha value is -4.58. The molecule has 4 bridgehead atoms. The number of sulfonamides is 1. The van der Waals surface area contributed by atoms with Crippen LogP contribution < -0.4 is 14.4 Å². The third-order valence-corrected chi connectivity index (χ3v) is 11.8. The van der Waals surface area contributed by atoms with Crippen molar-refractivity contribution in [3.05, 3.63) is 83.3 Å². The number of nitrogens with zero attached hydrogens (tertiary/aromatic N) is 6. The Morgan fingerprint density at radius 2 is 1.75 bits per heavy atom. The zero-order valence-corrected chi connectivity index (χ0v) is 30.9. The van der Waals surface area contributed by atoms with Crippen molar-refractivity contribution >= 4 is 27.7 Å². The number of nitrogens with one attached hydrogen (secondary N) is 1. The van der Waals surface area contributed by atoms with Crippen molar-refractivity contribution in [3.63, 3.8) is 0 Å². The lowest BCUT2D eigenvalue weighted by atomic mass is 9.73. The van der Waals surface area contributed by atoms with Gasteiger partial charge in [-0.1, -0.05) is 45.0 Å². The van der Waals surface area contributed by atoms with Crippen molar-refractivity contribution in [2.45, 2.75) is 96.7 Å². The maximum atomic E-state index is 14.6. The summed E-state index contributed by atoms with van der Waals surface area (Å²) in [5, 5.41) is 0. The Morgan fingerprint density at radius 3 is 2.49 bits per heavy atom. The number of anilines is 2. The molecule has 3 atom stereocenters. The van der Waals surface area contributed by atoms with Gasteiger partial charge in [0.25, 0.3) is 15.9 Å². The van der Waals surface area contributed by atoms with E-state index in [-0.39, 0.29) is 46.8 Å². The van der Waals surface area contributed by atoms with Gasteiger partial charge in [0.2, 0.25) is 11.8 Å². The number of carbonyl (C=O) groups excluding carboxylic acids is 1. The van der Waals surface area contributed by atoms with Crippen LogP contribution in [0.25, 0.3) is 11.3 Å². The first-order valence-corrected chi connectivity index (χ1v) is 19.4. The van der Waals surface area contributed by atoms with E-state index >= 15 is 0 Å². The van der Waals surface area contributed by atoms with Gasteiger partial charge in [0.15, 0.2) is 0 Å². The molecule has 4 aromatic rings. The first kappa shape index (κ1) is 34.9. The topological polar surface area (TPSA) is 131 Å². The van der Waals surface area contributed by atoms with E-state index in [2.05, 4.69) is 45.3 Å². The minimum absolute atomic E-state index is 0.0152. The Labute approximate surface area is 301 Å². The fourth-order valence-electron chi connectivity index (χ4n) is 7.57. The van der Waals surface area contributed by atoms with Crippen LogP contribution in [0.2, 0.25) is 0 Å². The van der Waals surface area contributed by atoms with Gasteiger partial charge in [-0.3, -0.25) is 9.78 Å². The predicted octanol–water partition coefficient (Wildman–Crippen LogP) is 6.96. The molecule has 1 saturated carbocycles. The molecule has 0 unspecified atom stereocenters. The minimum atomic E-state index is -4.17. The molecule has 4 heterocycles. The number of fused-ring (bicyclic) bond motifs is 5. The number of ether oxygens (including phenoxy) is 1. The number of hydrogen-bond donors (Lipinski definition) is 1. The zero-order chi connectivity index (χ0) is 35.9. The van der Waals surface area contributed by atoms with Gasteiger partial charge in [0, 0.05) is 29.8 Å². The van der Waals surface area contributed by atoms with Crippen LogP contribution in [0.5, 0.6) is 5.88 Å². The molecule has 2 aliphatic heterocycles. The van der Waals surface area contributed by atoms with Gasteiger partial charge in [0.05, 0.1) is 41.3 Å². The van der Waals surface area contributed by atoms with Gasteiger partial charge in [-0.2, -0.15) is 4.98 Å². The van der Waals surface area contributed by atoms with E-state index in [4.69, 9.17) is 9.72 Å². The highest BCUT2D eigenvalue weighted by molar-refractivity contribution is 7.92. The van der Waals surface area contributed by atoms with Crippen LogP contribution in [-0.4, -0.2) is 64.4 Å². The standard InChI is InChI=1S/C39H47N7O4S/c1-25-9-6-10-26(2)36(25)32-20-35-43-38(42-32)44-51(48,49)31-13-7-11-28(19-31)37(47)46(30(24-50-35)16-17-39(3,4)5)23-29-21-40-22-34(41-29)45-18-8-12-27-14-15-33(27)45/h6-7,9-11,13,19-22,27,30,33H,8,12,14-18,23-24H2,1-5H3,(H,42,43,44)/t27-,30+,33+/m0/s1. The van der Waals surface area contributed by atoms with Crippen molar-refractivity contribution in [2.24, 2.45) is 11.3 Å². The lowest BCUT2D eigenvalue weighted by Crippen LogP contribution is -2.51. The molecule has 3 aliphatic rings. The largest absolute Gasteiger partial charge is 0.475 e. The second-order valence-corrected chi connectivity index (χ2v) is 17.1. The van der Waals surface area contributed by atoms with Crippen molar-refractivity contribution in [1.29, 1.82) is 0 Å². The number of benzene rings is 2. The third-order valence-electron chi connectivity index (χ3n) is 10.5. The van der Waals surface area contributed by atoms with Crippen molar-refractivity contribution < 1.29 is 17.9 Å². The number of amides is 1. The summed E-state index contributed by atoms with van der Waals surface area (Å²) in [5.41, 5.74) is 4.28.